The second kappa shape index (κ2) is 10.9. The molecule has 2 rings (SSSR count). The number of carbonyl (C=O) groups excluding carboxylic acids is 2. The first-order valence-corrected chi connectivity index (χ1v) is 9.58. The zero-order valence-corrected chi connectivity index (χ0v) is 17.2. The molecule has 2 aromatic rings. The van der Waals surface area contributed by atoms with Crippen molar-refractivity contribution in [3.63, 3.8) is 0 Å². The fourth-order valence-corrected chi connectivity index (χ4v) is 2.81. The Morgan fingerprint density at radius 2 is 1.87 bits per heavy atom. The third kappa shape index (κ3) is 7.13. The Balaban J connectivity index is 2.26. The Morgan fingerprint density at radius 1 is 1.13 bits per heavy atom. The minimum absolute atomic E-state index is 0.0875. The Labute approximate surface area is 180 Å². The highest BCUT2D eigenvalue weighted by atomic mass is 79.9. The fourth-order valence-electron chi connectivity index (χ4n) is 2.41. The third-order valence-electron chi connectivity index (χ3n) is 3.82. The minimum Gasteiger partial charge on any atom is -0.481 e. The molecule has 0 aliphatic rings. The molecule has 2 amide bonds. The number of non-ortho nitro benzene ring substituents is 1. The molecular formula is C20H18BrN3O6. The zero-order valence-electron chi connectivity index (χ0n) is 15.6. The summed E-state index contributed by atoms with van der Waals surface area (Å²) in [5.41, 5.74) is 0.349. The van der Waals surface area contributed by atoms with E-state index in [1.165, 1.54) is 24.3 Å². The number of rotatable bonds is 9. The lowest BCUT2D eigenvalue weighted by Crippen LogP contribution is -2.35. The normalized spacial score (nSPS) is 10.9. The van der Waals surface area contributed by atoms with Crippen molar-refractivity contribution in [2.45, 2.75) is 12.8 Å². The van der Waals surface area contributed by atoms with Gasteiger partial charge in [-0.05, 0) is 36.3 Å². The molecule has 0 aliphatic carbocycles. The maximum Gasteiger partial charge on any atom is 0.303 e. The van der Waals surface area contributed by atoms with Gasteiger partial charge in [0.25, 0.3) is 17.5 Å². The summed E-state index contributed by atoms with van der Waals surface area (Å²) in [4.78, 5) is 46.1. The van der Waals surface area contributed by atoms with Crippen LogP contribution in [0, 0.1) is 10.1 Å². The number of carboxylic acid groups (broad SMARTS) is 1. The summed E-state index contributed by atoms with van der Waals surface area (Å²) >= 11 is 3.27. The van der Waals surface area contributed by atoms with E-state index in [0.717, 1.165) is 0 Å². The molecule has 2 aromatic carbocycles. The van der Waals surface area contributed by atoms with Gasteiger partial charge < -0.3 is 15.7 Å². The lowest BCUT2D eigenvalue weighted by Gasteiger charge is -2.11. The molecule has 3 N–H and O–H groups in total. The number of nitrogens with zero attached hydrogens (tertiary/aromatic N) is 1. The molecule has 30 heavy (non-hydrogen) atoms. The first-order chi connectivity index (χ1) is 14.3. The van der Waals surface area contributed by atoms with Crippen molar-refractivity contribution in [2.75, 3.05) is 6.54 Å². The summed E-state index contributed by atoms with van der Waals surface area (Å²) < 4.78 is 0.678. The van der Waals surface area contributed by atoms with Crippen LogP contribution in [0.4, 0.5) is 5.69 Å². The van der Waals surface area contributed by atoms with Crippen LogP contribution in [0.5, 0.6) is 0 Å². The maximum absolute atomic E-state index is 12.6. The molecule has 0 aromatic heterocycles. The van der Waals surface area contributed by atoms with Crippen molar-refractivity contribution >= 4 is 45.5 Å². The van der Waals surface area contributed by atoms with Gasteiger partial charge in [0.1, 0.15) is 5.70 Å². The number of aliphatic carboxylic acids is 1. The van der Waals surface area contributed by atoms with E-state index < -0.39 is 22.7 Å². The number of hydrogen-bond acceptors (Lipinski definition) is 5. The third-order valence-corrected chi connectivity index (χ3v) is 4.32. The van der Waals surface area contributed by atoms with Crippen molar-refractivity contribution in [2.24, 2.45) is 0 Å². The van der Waals surface area contributed by atoms with Crippen LogP contribution in [0.1, 0.15) is 28.8 Å². The van der Waals surface area contributed by atoms with Gasteiger partial charge in [0, 0.05) is 35.1 Å². The number of amides is 2. The summed E-state index contributed by atoms with van der Waals surface area (Å²) in [5, 5.41) is 24.7. The van der Waals surface area contributed by atoms with Crippen LogP contribution in [-0.4, -0.2) is 34.4 Å². The predicted octanol–water partition coefficient (Wildman–Crippen LogP) is 3.11. The number of nitrogens with one attached hydrogen (secondary N) is 2. The van der Waals surface area contributed by atoms with Gasteiger partial charge in [-0.15, -0.1) is 0 Å². The highest BCUT2D eigenvalue weighted by molar-refractivity contribution is 9.10. The van der Waals surface area contributed by atoms with Gasteiger partial charge in [0.05, 0.1) is 4.92 Å². The summed E-state index contributed by atoms with van der Waals surface area (Å²) in [6.07, 6.45) is 1.41. The van der Waals surface area contributed by atoms with Crippen LogP contribution in [0.15, 0.2) is 58.7 Å². The Hall–Kier alpha value is -3.53. The van der Waals surface area contributed by atoms with E-state index in [1.807, 2.05) is 0 Å². The first-order valence-electron chi connectivity index (χ1n) is 8.79. The van der Waals surface area contributed by atoms with Gasteiger partial charge in [-0.25, -0.2) is 0 Å². The molecule has 10 heteroatoms. The molecular weight excluding hydrogens is 458 g/mol. The number of benzene rings is 2. The van der Waals surface area contributed by atoms with Gasteiger partial charge in [-0.1, -0.05) is 34.1 Å². The van der Waals surface area contributed by atoms with E-state index in [-0.39, 0.29) is 30.8 Å². The number of nitro benzene ring substituents is 1. The van der Waals surface area contributed by atoms with Crippen LogP contribution >= 0.6 is 15.9 Å². The molecule has 0 spiro atoms. The molecule has 156 valence electrons. The average Bonchev–Trinajstić information content (AvgIpc) is 2.70. The minimum atomic E-state index is -0.987. The van der Waals surface area contributed by atoms with E-state index in [9.17, 15) is 24.5 Å². The summed E-state index contributed by atoms with van der Waals surface area (Å²) in [5.74, 6) is -2.18. The number of nitro groups is 1. The molecule has 0 aliphatic heterocycles. The summed E-state index contributed by atoms with van der Waals surface area (Å²) in [7, 11) is 0. The molecule has 0 heterocycles. The zero-order chi connectivity index (χ0) is 22.1. The smallest absolute Gasteiger partial charge is 0.303 e. The molecule has 0 fully saturated rings. The standard InChI is InChI=1S/C20H18BrN3O6/c21-15-6-2-5-14(12-15)19(27)23-17(20(28)22-9-3-8-18(25)26)11-13-4-1-7-16(10-13)24(29)30/h1-2,4-7,10-12H,3,8-9H2,(H,22,28)(H,23,27)(H,25,26). The fraction of sp³-hybridized carbons (Fsp3) is 0.150. The van der Waals surface area contributed by atoms with Crippen LogP contribution < -0.4 is 10.6 Å². The highest BCUT2D eigenvalue weighted by Gasteiger charge is 2.15. The SMILES string of the molecule is O=C(O)CCCNC(=O)C(=Cc1cccc([N+](=O)[O-])c1)NC(=O)c1cccc(Br)c1. The van der Waals surface area contributed by atoms with Crippen molar-refractivity contribution < 1.29 is 24.4 Å². The van der Waals surface area contributed by atoms with E-state index in [2.05, 4.69) is 26.6 Å². The molecule has 0 atom stereocenters. The lowest BCUT2D eigenvalue weighted by atomic mass is 10.1. The van der Waals surface area contributed by atoms with E-state index in [1.54, 1.807) is 30.3 Å². The van der Waals surface area contributed by atoms with Crippen molar-refractivity contribution in [1.82, 2.24) is 10.6 Å². The average molecular weight is 476 g/mol. The quantitative estimate of drug-likeness (QED) is 0.220. The number of carboxylic acids is 1. The Bertz CT molecular complexity index is 1010. The predicted molar refractivity (Wildman–Crippen MR) is 113 cm³/mol. The highest BCUT2D eigenvalue weighted by Crippen LogP contribution is 2.16. The van der Waals surface area contributed by atoms with Gasteiger partial charge in [0.2, 0.25) is 0 Å². The Morgan fingerprint density at radius 3 is 2.53 bits per heavy atom. The number of carbonyl (C=O) groups is 3. The Kier molecular flexibility index (Phi) is 8.24. The molecule has 0 saturated heterocycles. The molecule has 0 radical (unpaired) electrons. The lowest BCUT2D eigenvalue weighted by molar-refractivity contribution is -0.384. The number of hydrogen-bond donors (Lipinski definition) is 3. The van der Waals surface area contributed by atoms with Gasteiger partial charge >= 0.3 is 5.97 Å². The van der Waals surface area contributed by atoms with Crippen LogP contribution in [0.25, 0.3) is 6.08 Å². The van der Waals surface area contributed by atoms with Gasteiger partial charge in [0.15, 0.2) is 0 Å². The second-order valence-electron chi connectivity index (χ2n) is 6.13. The van der Waals surface area contributed by atoms with Crippen molar-refractivity contribution in [3.8, 4) is 0 Å². The molecule has 9 nitrogen and oxygen atoms in total. The van der Waals surface area contributed by atoms with Gasteiger partial charge in [-0.3, -0.25) is 24.5 Å². The van der Waals surface area contributed by atoms with E-state index >= 15 is 0 Å². The van der Waals surface area contributed by atoms with Crippen molar-refractivity contribution in [3.05, 3.63) is 79.9 Å². The summed E-state index contributed by atoms with van der Waals surface area (Å²) in [6, 6.07) is 12.1. The van der Waals surface area contributed by atoms with Crippen molar-refractivity contribution in [1.29, 1.82) is 0 Å². The maximum atomic E-state index is 12.6. The molecule has 0 bridgehead atoms. The largest absolute Gasteiger partial charge is 0.481 e. The molecule has 0 saturated carbocycles. The monoisotopic (exact) mass is 475 g/mol. The van der Waals surface area contributed by atoms with Crippen LogP contribution in [0.3, 0.4) is 0 Å². The number of halogens is 1. The topological polar surface area (TPSA) is 139 Å². The van der Waals surface area contributed by atoms with Gasteiger partial charge in [-0.2, -0.15) is 0 Å². The summed E-state index contributed by atoms with van der Waals surface area (Å²) in [6.45, 7) is 0.0875. The second-order valence-corrected chi connectivity index (χ2v) is 7.04. The van der Waals surface area contributed by atoms with Crippen LogP contribution in [-0.2, 0) is 9.59 Å². The molecule has 0 unspecified atom stereocenters. The van der Waals surface area contributed by atoms with E-state index in [4.69, 9.17) is 5.11 Å². The first kappa shape index (κ1) is 22.8. The van der Waals surface area contributed by atoms with Crippen LogP contribution in [0.2, 0.25) is 0 Å². The van der Waals surface area contributed by atoms with E-state index in [0.29, 0.717) is 15.6 Å².